The van der Waals surface area contributed by atoms with Gasteiger partial charge in [-0.3, -0.25) is 10.4 Å². The van der Waals surface area contributed by atoms with Crippen molar-refractivity contribution in [2.45, 2.75) is 19.8 Å². The molecule has 106 valence electrons. The van der Waals surface area contributed by atoms with Crippen LogP contribution >= 0.6 is 11.3 Å². The lowest BCUT2D eigenvalue weighted by molar-refractivity contribution is 0.890. The van der Waals surface area contributed by atoms with E-state index in [2.05, 4.69) is 45.4 Å². The summed E-state index contributed by atoms with van der Waals surface area (Å²) in [6, 6.07) is 7.81. The first-order chi connectivity index (χ1) is 10.2. The van der Waals surface area contributed by atoms with Crippen molar-refractivity contribution in [3.8, 4) is 0 Å². The summed E-state index contributed by atoms with van der Waals surface area (Å²) in [6.45, 7) is 4.34. The highest BCUT2D eigenvalue weighted by Crippen LogP contribution is 2.32. The number of anilines is 1. The number of hydrogen-bond donors (Lipinski definition) is 1. The summed E-state index contributed by atoms with van der Waals surface area (Å²) in [4.78, 5) is 15.0. The lowest BCUT2D eigenvalue weighted by Gasteiger charge is -1.99. The summed E-state index contributed by atoms with van der Waals surface area (Å²) in [7, 11) is 0. The Morgan fingerprint density at radius 1 is 1.24 bits per heavy atom. The molecule has 0 amide bonds. The van der Waals surface area contributed by atoms with Gasteiger partial charge in [-0.15, -0.1) is 11.3 Å². The molecular weight excluding hydrogens is 282 g/mol. The van der Waals surface area contributed by atoms with Crippen LogP contribution in [0.2, 0.25) is 0 Å². The number of hydrazone groups is 1. The lowest BCUT2D eigenvalue weighted by Crippen LogP contribution is -1.95. The number of nitrogens with one attached hydrogen (secondary N) is 1. The Morgan fingerprint density at radius 3 is 2.90 bits per heavy atom. The van der Waals surface area contributed by atoms with Gasteiger partial charge in [-0.25, -0.2) is 9.97 Å². The van der Waals surface area contributed by atoms with E-state index in [0.29, 0.717) is 5.92 Å². The molecular formula is C15H15N5S. The summed E-state index contributed by atoms with van der Waals surface area (Å²) in [5, 5.41) is 5.20. The standard InChI is InChI=1S/C15H15N5S/c1-10(2)13-7-12-14(17-9-18-15(12)21-13)20-19-8-11-5-3-4-6-16-11/h3-10H,1-2H3,(H,17,18,20)/b19-8-. The quantitative estimate of drug-likeness (QED) is 0.589. The fourth-order valence-electron chi connectivity index (χ4n) is 1.86. The number of nitrogens with zero attached hydrogens (tertiary/aromatic N) is 4. The molecule has 3 aromatic rings. The molecule has 21 heavy (non-hydrogen) atoms. The third-order valence-corrected chi connectivity index (χ3v) is 4.32. The first-order valence-corrected chi connectivity index (χ1v) is 7.50. The van der Waals surface area contributed by atoms with Gasteiger partial charge in [0.15, 0.2) is 5.82 Å². The maximum Gasteiger partial charge on any atom is 0.158 e. The molecule has 0 radical (unpaired) electrons. The van der Waals surface area contributed by atoms with E-state index in [1.807, 2.05) is 18.2 Å². The Balaban J connectivity index is 1.85. The third kappa shape index (κ3) is 3.05. The molecule has 0 aliphatic heterocycles. The minimum atomic E-state index is 0.481. The van der Waals surface area contributed by atoms with Crippen molar-refractivity contribution in [1.82, 2.24) is 15.0 Å². The van der Waals surface area contributed by atoms with Crippen LogP contribution in [0.5, 0.6) is 0 Å². The smallest absolute Gasteiger partial charge is 0.158 e. The van der Waals surface area contributed by atoms with Gasteiger partial charge < -0.3 is 0 Å². The Morgan fingerprint density at radius 2 is 2.14 bits per heavy atom. The zero-order chi connectivity index (χ0) is 14.7. The zero-order valence-electron chi connectivity index (χ0n) is 11.8. The van der Waals surface area contributed by atoms with E-state index in [0.717, 1.165) is 21.7 Å². The van der Waals surface area contributed by atoms with Gasteiger partial charge in [0.1, 0.15) is 11.2 Å². The number of fused-ring (bicyclic) bond motifs is 1. The Labute approximate surface area is 126 Å². The van der Waals surface area contributed by atoms with Crippen LogP contribution in [-0.2, 0) is 0 Å². The number of aromatic nitrogens is 3. The molecule has 5 nitrogen and oxygen atoms in total. The molecule has 0 aliphatic rings. The largest absolute Gasteiger partial charge is 0.261 e. The molecule has 3 aromatic heterocycles. The van der Waals surface area contributed by atoms with Crippen molar-refractivity contribution in [2.75, 3.05) is 5.43 Å². The van der Waals surface area contributed by atoms with Gasteiger partial charge in [-0.1, -0.05) is 19.9 Å². The van der Waals surface area contributed by atoms with E-state index in [1.54, 1.807) is 30.1 Å². The van der Waals surface area contributed by atoms with Crippen molar-refractivity contribution < 1.29 is 0 Å². The lowest BCUT2D eigenvalue weighted by atomic mass is 10.2. The predicted molar refractivity (Wildman–Crippen MR) is 87.0 cm³/mol. The van der Waals surface area contributed by atoms with Crippen LogP contribution in [0, 0.1) is 0 Å². The van der Waals surface area contributed by atoms with Gasteiger partial charge in [-0.05, 0) is 24.1 Å². The molecule has 0 atom stereocenters. The van der Waals surface area contributed by atoms with Crippen LogP contribution in [0.1, 0.15) is 30.3 Å². The summed E-state index contributed by atoms with van der Waals surface area (Å²) < 4.78 is 0. The number of pyridine rings is 1. The molecule has 0 unspecified atom stereocenters. The average Bonchev–Trinajstić information content (AvgIpc) is 2.94. The first-order valence-electron chi connectivity index (χ1n) is 6.68. The average molecular weight is 297 g/mol. The maximum absolute atomic E-state index is 4.31. The highest BCUT2D eigenvalue weighted by atomic mass is 32.1. The summed E-state index contributed by atoms with van der Waals surface area (Å²) >= 11 is 1.69. The molecule has 0 saturated carbocycles. The van der Waals surface area contributed by atoms with Crippen LogP contribution in [0.3, 0.4) is 0 Å². The first kappa shape index (κ1) is 13.6. The van der Waals surface area contributed by atoms with Crippen LogP contribution < -0.4 is 5.43 Å². The second kappa shape index (κ2) is 5.97. The summed E-state index contributed by atoms with van der Waals surface area (Å²) in [5.41, 5.74) is 3.77. The van der Waals surface area contributed by atoms with E-state index in [1.165, 1.54) is 4.88 Å². The number of hydrogen-bond acceptors (Lipinski definition) is 6. The normalized spacial score (nSPS) is 11.6. The van der Waals surface area contributed by atoms with E-state index in [-0.39, 0.29) is 0 Å². The molecule has 3 rings (SSSR count). The summed E-state index contributed by atoms with van der Waals surface area (Å²) in [6.07, 6.45) is 4.96. The fourth-order valence-corrected chi connectivity index (χ4v) is 2.86. The molecule has 0 bridgehead atoms. The van der Waals surface area contributed by atoms with E-state index in [4.69, 9.17) is 0 Å². The molecule has 6 heteroatoms. The van der Waals surface area contributed by atoms with E-state index < -0.39 is 0 Å². The summed E-state index contributed by atoms with van der Waals surface area (Å²) in [5.74, 6) is 1.20. The highest BCUT2D eigenvalue weighted by molar-refractivity contribution is 7.18. The van der Waals surface area contributed by atoms with Crippen LogP contribution in [-0.4, -0.2) is 21.2 Å². The molecule has 0 spiro atoms. The van der Waals surface area contributed by atoms with Gasteiger partial charge in [0.2, 0.25) is 0 Å². The van der Waals surface area contributed by atoms with E-state index >= 15 is 0 Å². The van der Waals surface area contributed by atoms with Crippen molar-refractivity contribution in [3.05, 3.63) is 47.4 Å². The monoisotopic (exact) mass is 297 g/mol. The minimum Gasteiger partial charge on any atom is -0.261 e. The van der Waals surface area contributed by atoms with Crippen molar-refractivity contribution in [3.63, 3.8) is 0 Å². The van der Waals surface area contributed by atoms with Crippen molar-refractivity contribution in [2.24, 2.45) is 5.10 Å². The van der Waals surface area contributed by atoms with Crippen molar-refractivity contribution >= 4 is 33.6 Å². The molecule has 0 saturated heterocycles. The topological polar surface area (TPSA) is 63.1 Å². The minimum absolute atomic E-state index is 0.481. The Kier molecular flexibility index (Phi) is 3.87. The molecule has 3 heterocycles. The number of rotatable bonds is 4. The van der Waals surface area contributed by atoms with Crippen LogP contribution in [0.25, 0.3) is 10.2 Å². The fraction of sp³-hybridized carbons (Fsp3) is 0.200. The Hall–Kier alpha value is -2.34. The predicted octanol–water partition coefficient (Wildman–Crippen LogP) is 3.66. The zero-order valence-corrected chi connectivity index (χ0v) is 12.6. The second-order valence-corrected chi connectivity index (χ2v) is 5.93. The van der Waals surface area contributed by atoms with Crippen molar-refractivity contribution in [1.29, 1.82) is 0 Å². The van der Waals surface area contributed by atoms with Gasteiger partial charge in [0, 0.05) is 11.1 Å². The SMILES string of the molecule is CC(C)c1cc2c(N/N=C\c3ccccn3)ncnc2s1. The highest BCUT2D eigenvalue weighted by Gasteiger charge is 2.10. The van der Waals surface area contributed by atoms with E-state index in [9.17, 15) is 0 Å². The molecule has 0 aromatic carbocycles. The van der Waals surface area contributed by atoms with Gasteiger partial charge >= 0.3 is 0 Å². The molecule has 0 fully saturated rings. The third-order valence-electron chi connectivity index (χ3n) is 2.97. The second-order valence-electron chi connectivity index (χ2n) is 4.87. The van der Waals surface area contributed by atoms with Crippen LogP contribution in [0.4, 0.5) is 5.82 Å². The van der Waals surface area contributed by atoms with Crippen LogP contribution in [0.15, 0.2) is 41.9 Å². The maximum atomic E-state index is 4.31. The number of thiophene rings is 1. The van der Waals surface area contributed by atoms with Gasteiger partial charge in [-0.2, -0.15) is 5.10 Å². The van der Waals surface area contributed by atoms with Gasteiger partial charge in [0.25, 0.3) is 0 Å². The molecule has 1 N–H and O–H groups in total. The Bertz CT molecular complexity index is 764. The molecule has 0 aliphatic carbocycles. The van der Waals surface area contributed by atoms with Gasteiger partial charge in [0.05, 0.1) is 17.3 Å².